The molecule has 0 spiro atoms. The molecule has 1 aromatic carbocycles. The summed E-state index contributed by atoms with van der Waals surface area (Å²) in [5.74, 6) is 2.53. The van der Waals surface area contributed by atoms with E-state index in [1.807, 2.05) is 30.3 Å². The lowest BCUT2D eigenvalue weighted by Crippen LogP contribution is -2.56. The fourth-order valence-electron chi connectivity index (χ4n) is 2.68. The standard InChI is InChI=1S/C16H16F2N2O3S/c1-2-8-20(9-6-4-3-5-7-9)16-19-10-11(21)12(22)13(14(17)18)23-15(10)24-16/h1,3-7,10-15,21-22H,8H2/t10-,11-,12+,13+,15-/m1/s1. The van der Waals surface area contributed by atoms with Crippen LogP contribution in [0, 0.1) is 12.3 Å². The predicted octanol–water partition coefficient (Wildman–Crippen LogP) is 1.31. The van der Waals surface area contributed by atoms with Gasteiger partial charge in [0, 0.05) is 5.69 Å². The van der Waals surface area contributed by atoms with Crippen molar-refractivity contribution in [2.24, 2.45) is 4.99 Å². The minimum Gasteiger partial charge on any atom is -0.388 e. The summed E-state index contributed by atoms with van der Waals surface area (Å²) >= 11 is 1.12. The first kappa shape index (κ1) is 17.2. The predicted molar refractivity (Wildman–Crippen MR) is 88.1 cm³/mol. The number of terminal acetylenes is 1. The number of ether oxygens (including phenoxy) is 1. The Kier molecular flexibility index (Phi) is 5.06. The zero-order valence-corrected chi connectivity index (χ0v) is 13.3. The highest BCUT2D eigenvalue weighted by atomic mass is 32.2. The highest BCUT2D eigenvalue weighted by molar-refractivity contribution is 8.14. The van der Waals surface area contributed by atoms with Gasteiger partial charge in [0.2, 0.25) is 0 Å². The van der Waals surface area contributed by atoms with Crippen LogP contribution in [-0.2, 0) is 4.74 Å². The fraction of sp³-hybridized carbons (Fsp3) is 0.438. The lowest BCUT2D eigenvalue weighted by molar-refractivity contribution is -0.193. The van der Waals surface area contributed by atoms with Gasteiger partial charge in [-0.1, -0.05) is 35.9 Å². The first-order valence-electron chi connectivity index (χ1n) is 7.33. The molecule has 2 aliphatic rings. The molecule has 2 N–H and O–H groups in total. The Balaban J connectivity index is 1.85. The highest BCUT2D eigenvalue weighted by Crippen LogP contribution is 2.39. The molecule has 128 valence electrons. The Morgan fingerprint density at radius 3 is 2.62 bits per heavy atom. The molecule has 8 heteroatoms. The van der Waals surface area contributed by atoms with Crippen molar-refractivity contribution >= 4 is 22.6 Å². The van der Waals surface area contributed by atoms with Gasteiger partial charge in [0.1, 0.15) is 29.8 Å². The van der Waals surface area contributed by atoms with E-state index in [0.29, 0.717) is 5.17 Å². The molecular formula is C16H16F2N2O3S. The number of benzene rings is 1. The number of alkyl halides is 2. The van der Waals surface area contributed by atoms with Crippen molar-refractivity contribution in [3.63, 3.8) is 0 Å². The Hall–Kier alpha value is -1.66. The topological polar surface area (TPSA) is 65.3 Å². The van der Waals surface area contributed by atoms with E-state index in [9.17, 15) is 19.0 Å². The summed E-state index contributed by atoms with van der Waals surface area (Å²) in [6, 6.07) is 8.41. The second-order valence-corrected chi connectivity index (χ2v) is 6.50. The van der Waals surface area contributed by atoms with E-state index in [1.54, 1.807) is 4.90 Å². The van der Waals surface area contributed by atoms with Gasteiger partial charge < -0.3 is 19.8 Å². The van der Waals surface area contributed by atoms with Gasteiger partial charge in [-0.15, -0.1) is 6.42 Å². The third kappa shape index (κ3) is 3.13. The van der Waals surface area contributed by atoms with Crippen LogP contribution < -0.4 is 4.90 Å². The van der Waals surface area contributed by atoms with Crippen LogP contribution >= 0.6 is 11.8 Å². The number of aliphatic imine (C=N–C) groups is 1. The molecule has 3 rings (SSSR count). The van der Waals surface area contributed by atoms with Crippen LogP contribution in [0.15, 0.2) is 35.3 Å². The zero-order chi connectivity index (χ0) is 17.3. The number of aliphatic hydroxyl groups excluding tert-OH is 2. The lowest BCUT2D eigenvalue weighted by atomic mass is 9.98. The third-order valence-corrected chi connectivity index (χ3v) is 5.04. The van der Waals surface area contributed by atoms with Gasteiger partial charge in [-0.25, -0.2) is 8.78 Å². The van der Waals surface area contributed by atoms with Gasteiger partial charge in [0.05, 0.1) is 6.54 Å². The largest absolute Gasteiger partial charge is 0.388 e. The smallest absolute Gasteiger partial charge is 0.267 e. The van der Waals surface area contributed by atoms with Crippen LogP contribution in [0.3, 0.4) is 0 Å². The zero-order valence-electron chi connectivity index (χ0n) is 12.5. The van der Waals surface area contributed by atoms with Gasteiger partial charge in [-0.2, -0.15) is 0 Å². The molecule has 1 saturated heterocycles. The molecule has 0 radical (unpaired) electrons. The average molecular weight is 354 g/mol. The quantitative estimate of drug-likeness (QED) is 0.802. The molecule has 0 saturated carbocycles. The van der Waals surface area contributed by atoms with E-state index in [4.69, 9.17) is 11.2 Å². The first-order valence-corrected chi connectivity index (χ1v) is 8.21. The van der Waals surface area contributed by atoms with Gasteiger partial charge in [0.15, 0.2) is 5.17 Å². The molecule has 24 heavy (non-hydrogen) atoms. The van der Waals surface area contributed by atoms with E-state index >= 15 is 0 Å². The molecule has 0 aliphatic carbocycles. The molecule has 0 unspecified atom stereocenters. The Morgan fingerprint density at radius 1 is 1.29 bits per heavy atom. The molecule has 2 heterocycles. The molecule has 2 aliphatic heterocycles. The number of aliphatic hydroxyl groups is 2. The Morgan fingerprint density at radius 2 is 2.00 bits per heavy atom. The summed E-state index contributed by atoms with van der Waals surface area (Å²) in [5, 5.41) is 20.4. The average Bonchev–Trinajstić information content (AvgIpc) is 3.00. The van der Waals surface area contributed by atoms with Crippen molar-refractivity contribution < 1.29 is 23.7 Å². The number of halogens is 2. The maximum atomic E-state index is 13.0. The number of para-hydroxylation sites is 1. The van der Waals surface area contributed by atoms with Gasteiger partial charge in [-0.3, -0.25) is 4.99 Å². The number of nitrogens with zero attached hydrogens (tertiary/aromatic N) is 2. The third-order valence-electron chi connectivity index (χ3n) is 3.88. The van der Waals surface area contributed by atoms with Crippen LogP contribution in [-0.4, -0.2) is 58.1 Å². The van der Waals surface area contributed by atoms with Gasteiger partial charge in [-0.05, 0) is 12.1 Å². The minimum atomic E-state index is -2.89. The van der Waals surface area contributed by atoms with Crippen LogP contribution in [0.25, 0.3) is 0 Å². The second-order valence-electron chi connectivity index (χ2n) is 5.43. The summed E-state index contributed by atoms with van der Waals surface area (Å²) in [5.41, 5.74) is 0.00202. The number of rotatable bonds is 3. The highest BCUT2D eigenvalue weighted by Gasteiger charge is 2.51. The monoisotopic (exact) mass is 354 g/mol. The summed E-state index contributed by atoms with van der Waals surface area (Å²) in [6.07, 6.45) is -2.32. The van der Waals surface area contributed by atoms with E-state index in [0.717, 1.165) is 17.4 Å². The maximum absolute atomic E-state index is 13.0. The van der Waals surface area contributed by atoms with Crippen LogP contribution in [0.1, 0.15) is 0 Å². The molecule has 0 amide bonds. The Bertz CT molecular complexity index is 652. The molecule has 5 atom stereocenters. The van der Waals surface area contributed by atoms with Crippen LogP contribution in [0.4, 0.5) is 14.5 Å². The number of anilines is 1. The fourth-order valence-corrected chi connectivity index (χ4v) is 3.91. The molecular weight excluding hydrogens is 338 g/mol. The van der Waals surface area contributed by atoms with E-state index in [1.165, 1.54) is 0 Å². The van der Waals surface area contributed by atoms with Gasteiger partial charge >= 0.3 is 0 Å². The molecule has 1 aromatic rings. The van der Waals surface area contributed by atoms with Crippen molar-refractivity contribution in [3.05, 3.63) is 30.3 Å². The van der Waals surface area contributed by atoms with Crippen molar-refractivity contribution in [2.75, 3.05) is 11.4 Å². The number of amidine groups is 1. The number of thioether (sulfide) groups is 1. The number of hydrogen-bond acceptors (Lipinski definition) is 6. The number of fused-ring (bicyclic) bond motifs is 1. The van der Waals surface area contributed by atoms with E-state index in [2.05, 4.69) is 10.9 Å². The van der Waals surface area contributed by atoms with Crippen LogP contribution in [0.2, 0.25) is 0 Å². The van der Waals surface area contributed by atoms with Crippen LogP contribution in [0.5, 0.6) is 0 Å². The summed E-state index contributed by atoms with van der Waals surface area (Å²) < 4.78 is 31.2. The molecule has 5 nitrogen and oxygen atoms in total. The maximum Gasteiger partial charge on any atom is 0.267 e. The van der Waals surface area contributed by atoms with Crippen molar-refractivity contribution in [2.45, 2.75) is 36.2 Å². The van der Waals surface area contributed by atoms with Crippen molar-refractivity contribution in [1.29, 1.82) is 0 Å². The lowest BCUT2D eigenvalue weighted by Gasteiger charge is -2.37. The van der Waals surface area contributed by atoms with Crippen molar-refractivity contribution in [1.82, 2.24) is 0 Å². The SMILES string of the molecule is C#CCN(C1=N[C@@H]2[C@@H](O)[C@H](O)[C@@H](C(F)F)O[C@@H]2S1)c1ccccc1. The number of hydrogen-bond donors (Lipinski definition) is 2. The molecule has 1 fully saturated rings. The molecule has 0 bridgehead atoms. The first-order chi connectivity index (χ1) is 11.5. The normalized spacial score (nSPS) is 32.2. The van der Waals surface area contributed by atoms with Crippen molar-refractivity contribution in [3.8, 4) is 12.3 Å². The summed E-state index contributed by atoms with van der Waals surface area (Å²) in [6.45, 7) is 0.228. The second kappa shape index (κ2) is 7.07. The summed E-state index contributed by atoms with van der Waals surface area (Å²) in [4.78, 5) is 6.10. The van der Waals surface area contributed by atoms with E-state index < -0.39 is 36.2 Å². The minimum absolute atomic E-state index is 0.228. The van der Waals surface area contributed by atoms with Gasteiger partial charge in [0.25, 0.3) is 6.43 Å². The summed E-state index contributed by atoms with van der Waals surface area (Å²) in [7, 11) is 0. The molecule has 0 aromatic heterocycles. The van der Waals surface area contributed by atoms with E-state index in [-0.39, 0.29) is 6.54 Å². The Labute approximate surface area is 142 Å².